The van der Waals surface area contributed by atoms with E-state index in [2.05, 4.69) is 38.1 Å². The van der Waals surface area contributed by atoms with Gasteiger partial charge in [0.2, 0.25) is 0 Å². The van der Waals surface area contributed by atoms with Gasteiger partial charge in [-0.15, -0.1) is 34.2 Å². The van der Waals surface area contributed by atoms with E-state index >= 15 is 0 Å². The van der Waals surface area contributed by atoms with Gasteiger partial charge in [-0.05, 0) is 18.6 Å². The summed E-state index contributed by atoms with van der Waals surface area (Å²) in [7, 11) is 1.74. The Kier molecular flexibility index (Phi) is 11.1. The SMILES string of the molecule is CCc1nncn1CCNC(=NC)NCCCNC(=O)c1ccccc1.I. The first-order chi connectivity index (χ1) is 12.7. The number of rotatable bonds is 9. The van der Waals surface area contributed by atoms with Crippen LogP contribution in [0, 0.1) is 0 Å². The number of guanidine groups is 1. The zero-order valence-corrected chi connectivity index (χ0v) is 18.1. The van der Waals surface area contributed by atoms with Gasteiger partial charge < -0.3 is 20.5 Å². The molecule has 3 N–H and O–H groups in total. The Morgan fingerprint density at radius 1 is 1.11 bits per heavy atom. The Morgan fingerprint density at radius 2 is 1.81 bits per heavy atom. The van der Waals surface area contributed by atoms with E-state index in [0.29, 0.717) is 12.1 Å². The quantitative estimate of drug-likeness (QED) is 0.216. The van der Waals surface area contributed by atoms with Gasteiger partial charge in [0.05, 0.1) is 0 Å². The van der Waals surface area contributed by atoms with Crippen LogP contribution in [0.1, 0.15) is 29.5 Å². The number of amides is 1. The van der Waals surface area contributed by atoms with Crippen LogP contribution in [0.3, 0.4) is 0 Å². The number of carbonyl (C=O) groups excluding carboxylic acids is 1. The van der Waals surface area contributed by atoms with Crippen molar-refractivity contribution in [3.05, 3.63) is 48.0 Å². The molecule has 0 aliphatic carbocycles. The van der Waals surface area contributed by atoms with Gasteiger partial charge >= 0.3 is 0 Å². The van der Waals surface area contributed by atoms with Gasteiger partial charge in [-0.1, -0.05) is 25.1 Å². The number of aliphatic imine (C=N–C) groups is 1. The van der Waals surface area contributed by atoms with Crippen molar-refractivity contribution in [2.24, 2.45) is 4.99 Å². The number of hydrogen-bond donors (Lipinski definition) is 3. The molecular weight excluding hydrogens is 457 g/mol. The molecule has 0 radical (unpaired) electrons. The van der Waals surface area contributed by atoms with Gasteiger partial charge in [-0.25, -0.2) is 0 Å². The van der Waals surface area contributed by atoms with Crippen molar-refractivity contribution in [2.75, 3.05) is 26.7 Å². The minimum Gasteiger partial charge on any atom is -0.356 e. The standard InChI is InChI=1S/C18H27N7O.HI/c1-3-16-24-23-14-25(16)13-12-22-18(19-2)21-11-7-10-20-17(26)15-8-5-4-6-9-15;/h4-6,8-9,14H,3,7,10-13H2,1-2H3,(H,20,26)(H2,19,21,22);1H. The van der Waals surface area contributed by atoms with E-state index in [0.717, 1.165) is 44.3 Å². The molecule has 0 atom stereocenters. The summed E-state index contributed by atoms with van der Waals surface area (Å²) in [6, 6.07) is 9.22. The maximum atomic E-state index is 11.9. The fraction of sp³-hybridized carbons (Fsp3) is 0.444. The summed E-state index contributed by atoms with van der Waals surface area (Å²) in [5.74, 6) is 1.67. The van der Waals surface area contributed by atoms with Gasteiger partial charge in [0.25, 0.3) is 5.91 Å². The van der Waals surface area contributed by atoms with Crippen molar-refractivity contribution in [2.45, 2.75) is 26.3 Å². The number of carbonyl (C=O) groups is 1. The van der Waals surface area contributed by atoms with Gasteiger partial charge in [-0.2, -0.15) is 0 Å². The molecule has 0 saturated carbocycles. The van der Waals surface area contributed by atoms with Crippen LogP contribution in [0.25, 0.3) is 0 Å². The Hall–Kier alpha value is -2.17. The zero-order chi connectivity index (χ0) is 18.6. The number of aromatic nitrogens is 3. The Balaban J connectivity index is 0.00000364. The van der Waals surface area contributed by atoms with E-state index in [4.69, 9.17) is 0 Å². The number of nitrogens with zero attached hydrogens (tertiary/aromatic N) is 4. The third kappa shape index (κ3) is 7.94. The summed E-state index contributed by atoms with van der Waals surface area (Å²) < 4.78 is 2.03. The lowest BCUT2D eigenvalue weighted by Gasteiger charge is -2.13. The minimum atomic E-state index is -0.0474. The normalized spacial score (nSPS) is 10.8. The maximum Gasteiger partial charge on any atom is 0.251 e. The summed E-state index contributed by atoms with van der Waals surface area (Å²) in [5.41, 5.74) is 0.679. The third-order valence-corrected chi connectivity index (χ3v) is 3.85. The lowest BCUT2D eigenvalue weighted by molar-refractivity contribution is 0.0953. The van der Waals surface area contributed by atoms with E-state index < -0.39 is 0 Å². The van der Waals surface area contributed by atoms with E-state index in [1.165, 1.54) is 0 Å². The molecule has 2 rings (SSSR count). The van der Waals surface area contributed by atoms with E-state index in [-0.39, 0.29) is 29.9 Å². The second-order valence-electron chi connectivity index (χ2n) is 5.70. The fourth-order valence-corrected chi connectivity index (χ4v) is 2.44. The predicted octanol–water partition coefficient (Wildman–Crippen LogP) is 1.44. The molecule has 2 aromatic rings. The van der Waals surface area contributed by atoms with Crippen LogP contribution in [0.5, 0.6) is 0 Å². The van der Waals surface area contributed by atoms with Crippen molar-refractivity contribution in [1.82, 2.24) is 30.7 Å². The molecule has 148 valence electrons. The predicted molar refractivity (Wildman–Crippen MR) is 118 cm³/mol. The molecule has 0 bridgehead atoms. The smallest absolute Gasteiger partial charge is 0.251 e. The van der Waals surface area contributed by atoms with Crippen molar-refractivity contribution in [3.63, 3.8) is 0 Å². The molecule has 27 heavy (non-hydrogen) atoms. The average Bonchev–Trinajstić information content (AvgIpc) is 3.14. The van der Waals surface area contributed by atoms with Crippen LogP contribution in [0.2, 0.25) is 0 Å². The van der Waals surface area contributed by atoms with E-state index in [1.807, 2.05) is 22.8 Å². The molecule has 0 unspecified atom stereocenters. The highest BCUT2D eigenvalue weighted by Crippen LogP contribution is 1.97. The number of aryl methyl sites for hydroxylation is 1. The van der Waals surface area contributed by atoms with Crippen LogP contribution in [-0.4, -0.2) is 53.3 Å². The Labute approximate surface area is 177 Å². The lowest BCUT2D eigenvalue weighted by Crippen LogP contribution is -2.40. The van der Waals surface area contributed by atoms with Gasteiger partial charge in [0.15, 0.2) is 5.96 Å². The van der Waals surface area contributed by atoms with Crippen LogP contribution in [0.15, 0.2) is 41.7 Å². The summed E-state index contributed by atoms with van der Waals surface area (Å²) in [6.45, 7) is 4.91. The molecular formula is C18H28IN7O. The molecule has 0 aliphatic rings. The summed E-state index contributed by atoms with van der Waals surface area (Å²) in [6.07, 6.45) is 3.42. The number of nitrogens with one attached hydrogen (secondary N) is 3. The second-order valence-corrected chi connectivity index (χ2v) is 5.70. The highest BCUT2D eigenvalue weighted by molar-refractivity contribution is 14.0. The molecule has 1 aromatic heterocycles. The third-order valence-electron chi connectivity index (χ3n) is 3.85. The average molecular weight is 485 g/mol. The number of halogens is 1. The molecule has 0 aliphatic heterocycles. The highest BCUT2D eigenvalue weighted by Gasteiger charge is 2.04. The first-order valence-corrected chi connectivity index (χ1v) is 8.89. The Morgan fingerprint density at radius 3 is 2.52 bits per heavy atom. The van der Waals surface area contributed by atoms with Crippen molar-refractivity contribution < 1.29 is 4.79 Å². The van der Waals surface area contributed by atoms with Gasteiger partial charge in [-0.3, -0.25) is 9.79 Å². The van der Waals surface area contributed by atoms with Crippen LogP contribution < -0.4 is 16.0 Å². The summed E-state index contributed by atoms with van der Waals surface area (Å²) >= 11 is 0. The topological polar surface area (TPSA) is 96.2 Å². The molecule has 0 fully saturated rings. The van der Waals surface area contributed by atoms with Crippen LogP contribution in [0.4, 0.5) is 0 Å². The van der Waals surface area contributed by atoms with Gasteiger partial charge in [0.1, 0.15) is 12.2 Å². The second kappa shape index (κ2) is 13.1. The summed E-state index contributed by atoms with van der Waals surface area (Å²) in [4.78, 5) is 16.1. The van der Waals surface area contributed by atoms with Crippen LogP contribution >= 0.6 is 24.0 Å². The van der Waals surface area contributed by atoms with Crippen LogP contribution in [-0.2, 0) is 13.0 Å². The molecule has 0 spiro atoms. The minimum absolute atomic E-state index is 0. The first-order valence-electron chi connectivity index (χ1n) is 8.89. The largest absolute Gasteiger partial charge is 0.356 e. The van der Waals surface area contributed by atoms with Crippen molar-refractivity contribution in [1.29, 1.82) is 0 Å². The molecule has 0 saturated heterocycles. The lowest BCUT2D eigenvalue weighted by atomic mass is 10.2. The highest BCUT2D eigenvalue weighted by atomic mass is 127. The Bertz CT molecular complexity index is 703. The molecule has 1 aromatic carbocycles. The molecule has 8 nitrogen and oxygen atoms in total. The van der Waals surface area contributed by atoms with E-state index in [9.17, 15) is 4.79 Å². The molecule has 1 amide bonds. The summed E-state index contributed by atoms with van der Waals surface area (Å²) in [5, 5.41) is 17.4. The van der Waals surface area contributed by atoms with Gasteiger partial charge in [0, 0.05) is 45.2 Å². The molecule has 1 heterocycles. The maximum absolute atomic E-state index is 11.9. The number of hydrogen-bond acceptors (Lipinski definition) is 4. The van der Waals surface area contributed by atoms with Crippen molar-refractivity contribution >= 4 is 35.8 Å². The van der Waals surface area contributed by atoms with E-state index in [1.54, 1.807) is 25.5 Å². The zero-order valence-electron chi connectivity index (χ0n) is 15.8. The van der Waals surface area contributed by atoms with Crippen molar-refractivity contribution in [3.8, 4) is 0 Å². The monoisotopic (exact) mass is 485 g/mol. The first kappa shape index (κ1) is 22.9. The number of benzene rings is 1. The molecule has 9 heteroatoms. The fourth-order valence-electron chi connectivity index (χ4n) is 2.44.